The van der Waals surface area contributed by atoms with E-state index in [9.17, 15) is 4.79 Å². The van der Waals surface area contributed by atoms with Crippen LogP contribution in [0.15, 0.2) is 28.9 Å². The Labute approximate surface area is 138 Å². The Morgan fingerprint density at radius 2 is 2.25 bits per heavy atom. The standard InChI is InChI=1S/C16H18N2O6/c1-2-10(6-19)17-16(20)12-7-22-15(18-12)8-21-11-3-4-13-14(5-11)24-9-23-13/h3-5,7,10,19H,2,6,8-9H2,1H3,(H,17,20)/t10-/m1/s1. The lowest BCUT2D eigenvalue weighted by Gasteiger charge is -2.12. The number of nitrogens with zero attached hydrogens (tertiary/aromatic N) is 1. The zero-order chi connectivity index (χ0) is 16.9. The van der Waals surface area contributed by atoms with Crippen LogP contribution in [0.1, 0.15) is 29.7 Å². The fourth-order valence-corrected chi connectivity index (χ4v) is 2.13. The quantitative estimate of drug-likeness (QED) is 0.790. The molecule has 0 saturated heterocycles. The van der Waals surface area contributed by atoms with E-state index in [1.807, 2.05) is 6.92 Å². The molecule has 1 aliphatic heterocycles. The Kier molecular flexibility index (Phi) is 4.85. The molecule has 0 bridgehead atoms. The van der Waals surface area contributed by atoms with Crippen LogP contribution < -0.4 is 19.5 Å². The summed E-state index contributed by atoms with van der Waals surface area (Å²) in [5.74, 6) is 1.75. The van der Waals surface area contributed by atoms with Crippen LogP contribution >= 0.6 is 0 Å². The van der Waals surface area contributed by atoms with Crippen molar-refractivity contribution in [3.8, 4) is 17.2 Å². The van der Waals surface area contributed by atoms with Gasteiger partial charge in [0.25, 0.3) is 5.91 Å². The van der Waals surface area contributed by atoms with Gasteiger partial charge in [-0.05, 0) is 18.6 Å². The van der Waals surface area contributed by atoms with Gasteiger partial charge in [-0.25, -0.2) is 4.98 Å². The molecular weight excluding hydrogens is 316 g/mol. The number of aliphatic hydroxyl groups is 1. The zero-order valence-corrected chi connectivity index (χ0v) is 13.2. The average molecular weight is 334 g/mol. The maximum Gasteiger partial charge on any atom is 0.273 e. The minimum atomic E-state index is -0.394. The molecule has 0 radical (unpaired) electrons. The van der Waals surface area contributed by atoms with Crippen LogP contribution in [0, 0.1) is 0 Å². The van der Waals surface area contributed by atoms with Crippen molar-refractivity contribution in [3.63, 3.8) is 0 Å². The molecule has 3 rings (SSSR count). The molecule has 1 amide bonds. The van der Waals surface area contributed by atoms with Crippen LogP contribution in [-0.2, 0) is 6.61 Å². The lowest BCUT2D eigenvalue weighted by atomic mass is 10.2. The second-order valence-corrected chi connectivity index (χ2v) is 5.19. The van der Waals surface area contributed by atoms with E-state index < -0.39 is 5.91 Å². The van der Waals surface area contributed by atoms with Crippen LogP contribution in [0.5, 0.6) is 17.2 Å². The van der Waals surface area contributed by atoms with E-state index in [0.29, 0.717) is 23.7 Å². The van der Waals surface area contributed by atoms with Crippen molar-refractivity contribution in [3.05, 3.63) is 36.0 Å². The van der Waals surface area contributed by atoms with Crippen LogP contribution in [0.4, 0.5) is 0 Å². The number of carbonyl (C=O) groups excluding carboxylic acids is 1. The molecule has 24 heavy (non-hydrogen) atoms. The third kappa shape index (κ3) is 3.60. The number of oxazole rings is 1. The summed E-state index contributed by atoms with van der Waals surface area (Å²) < 4.78 is 21.3. The number of ether oxygens (including phenoxy) is 3. The van der Waals surface area contributed by atoms with Gasteiger partial charge in [0.05, 0.1) is 12.6 Å². The first-order chi connectivity index (χ1) is 11.7. The molecule has 0 unspecified atom stereocenters. The van der Waals surface area contributed by atoms with Crippen LogP contribution in [0.25, 0.3) is 0 Å². The Morgan fingerprint density at radius 3 is 3.04 bits per heavy atom. The van der Waals surface area contributed by atoms with Gasteiger partial charge >= 0.3 is 0 Å². The number of amides is 1. The highest BCUT2D eigenvalue weighted by Crippen LogP contribution is 2.35. The highest BCUT2D eigenvalue weighted by molar-refractivity contribution is 5.92. The maximum atomic E-state index is 12.0. The summed E-state index contributed by atoms with van der Waals surface area (Å²) >= 11 is 0. The van der Waals surface area contributed by atoms with E-state index in [4.69, 9.17) is 23.7 Å². The van der Waals surface area contributed by atoms with E-state index >= 15 is 0 Å². The van der Waals surface area contributed by atoms with Crippen molar-refractivity contribution in [1.82, 2.24) is 10.3 Å². The normalized spacial score (nSPS) is 13.6. The smallest absolute Gasteiger partial charge is 0.273 e. The Hall–Kier alpha value is -2.74. The van der Waals surface area contributed by atoms with Crippen molar-refractivity contribution >= 4 is 5.91 Å². The summed E-state index contributed by atoms with van der Waals surface area (Å²) in [6.45, 7) is 2.02. The van der Waals surface area contributed by atoms with Gasteiger partial charge in [0, 0.05) is 6.07 Å². The molecule has 8 heteroatoms. The number of fused-ring (bicyclic) bond motifs is 1. The monoisotopic (exact) mass is 334 g/mol. The van der Waals surface area contributed by atoms with E-state index in [2.05, 4.69) is 10.3 Å². The molecular formula is C16H18N2O6. The molecule has 128 valence electrons. The van der Waals surface area contributed by atoms with Crippen LogP contribution in [0.3, 0.4) is 0 Å². The van der Waals surface area contributed by atoms with Gasteiger partial charge in [-0.15, -0.1) is 0 Å². The third-order valence-corrected chi connectivity index (χ3v) is 3.54. The predicted molar refractivity (Wildman–Crippen MR) is 82.0 cm³/mol. The number of benzene rings is 1. The van der Waals surface area contributed by atoms with Crippen molar-refractivity contribution in [1.29, 1.82) is 0 Å². The van der Waals surface area contributed by atoms with E-state index in [0.717, 1.165) is 0 Å². The van der Waals surface area contributed by atoms with Crippen LogP contribution in [-0.4, -0.2) is 35.4 Å². The second-order valence-electron chi connectivity index (χ2n) is 5.19. The molecule has 1 aliphatic rings. The van der Waals surface area contributed by atoms with Crippen molar-refractivity contribution in [2.45, 2.75) is 26.0 Å². The number of hydrogen-bond acceptors (Lipinski definition) is 7. The lowest BCUT2D eigenvalue weighted by Crippen LogP contribution is -2.37. The van der Waals surface area contributed by atoms with E-state index in [1.165, 1.54) is 6.26 Å². The summed E-state index contributed by atoms with van der Waals surface area (Å²) in [5.41, 5.74) is 0.145. The molecule has 2 aromatic rings. The van der Waals surface area contributed by atoms with E-state index in [1.54, 1.807) is 18.2 Å². The molecule has 1 aromatic carbocycles. The number of nitrogens with one attached hydrogen (secondary N) is 1. The molecule has 1 aromatic heterocycles. The van der Waals surface area contributed by atoms with Gasteiger partial charge in [-0.1, -0.05) is 6.92 Å². The van der Waals surface area contributed by atoms with Gasteiger partial charge in [0.15, 0.2) is 23.8 Å². The second kappa shape index (κ2) is 7.22. The largest absolute Gasteiger partial charge is 0.484 e. The SMILES string of the molecule is CC[C@H](CO)NC(=O)c1coc(COc2ccc3c(c2)OCO3)n1. The van der Waals surface area contributed by atoms with Crippen molar-refractivity contribution in [2.24, 2.45) is 0 Å². The Morgan fingerprint density at radius 1 is 1.42 bits per heavy atom. The molecule has 2 heterocycles. The first-order valence-electron chi connectivity index (χ1n) is 7.58. The first kappa shape index (κ1) is 16.1. The highest BCUT2D eigenvalue weighted by atomic mass is 16.7. The lowest BCUT2D eigenvalue weighted by molar-refractivity contribution is 0.0909. The minimum Gasteiger partial charge on any atom is -0.484 e. The summed E-state index contributed by atoms with van der Waals surface area (Å²) in [7, 11) is 0. The molecule has 0 fully saturated rings. The van der Waals surface area contributed by atoms with Crippen molar-refractivity contribution in [2.75, 3.05) is 13.4 Å². The number of hydrogen-bond donors (Lipinski definition) is 2. The minimum absolute atomic E-state index is 0.0735. The maximum absolute atomic E-state index is 12.0. The first-order valence-corrected chi connectivity index (χ1v) is 7.58. The summed E-state index contributed by atoms with van der Waals surface area (Å²) in [6.07, 6.45) is 1.89. The number of aromatic nitrogens is 1. The number of carbonyl (C=O) groups is 1. The molecule has 8 nitrogen and oxygen atoms in total. The van der Waals surface area contributed by atoms with Gasteiger partial charge in [0.1, 0.15) is 12.0 Å². The number of aliphatic hydroxyl groups excluding tert-OH is 1. The molecule has 2 N–H and O–H groups in total. The average Bonchev–Trinajstić information content (AvgIpc) is 3.26. The summed E-state index contributed by atoms with van der Waals surface area (Å²) in [4.78, 5) is 16.1. The van der Waals surface area contributed by atoms with Gasteiger partial charge < -0.3 is 29.1 Å². The molecule has 0 saturated carbocycles. The van der Waals surface area contributed by atoms with Crippen molar-refractivity contribution < 1.29 is 28.5 Å². The molecule has 1 atom stereocenters. The summed E-state index contributed by atoms with van der Waals surface area (Å²) in [5, 5.41) is 11.8. The number of rotatable bonds is 7. The van der Waals surface area contributed by atoms with Gasteiger partial charge in [-0.3, -0.25) is 4.79 Å². The Bertz CT molecular complexity index is 710. The molecule has 0 aliphatic carbocycles. The molecule has 0 spiro atoms. The van der Waals surface area contributed by atoms with Gasteiger partial charge in [-0.2, -0.15) is 0 Å². The fraction of sp³-hybridized carbons (Fsp3) is 0.375. The third-order valence-electron chi connectivity index (χ3n) is 3.54. The van der Waals surface area contributed by atoms with Crippen LogP contribution in [0.2, 0.25) is 0 Å². The van der Waals surface area contributed by atoms with E-state index in [-0.39, 0.29) is 37.6 Å². The predicted octanol–water partition coefficient (Wildman–Crippen LogP) is 1.48. The topological polar surface area (TPSA) is 103 Å². The van der Waals surface area contributed by atoms with Gasteiger partial charge in [0.2, 0.25) is 12.7 Å². The summed E-state index contributed by atoms with van der Waals surface area (Å²) in [6, 6.07) is 4.91. The zero-order valence-electron chi connectivity index (χ0n) is 13.2. The highest BCUT2D eigenvalue weighted by Gasteiger charge is 2.17. The fourth-order valence-electron chi connectivity index (χ4n) is 2.13. The Balaban J connectivity index is 1.57.